The van der Waals surface area contributed by atoms with Crippen molar-refractivity contribution in [3.63, 3.8) is 0 Å². The maximum Gasteiger partial charge on any atom is 0.323 e. The zero-order valence-electron chi connectivity index (χ0n) is 13.7. The number of nitrogens with one attached hydrogen (secondary N) is 1. The molecule has 5 heteroatoms. The highest BCUT2D eigenvalue weighted by molar-refractivity contribution is 5.88. The molecule has 0 saturated heterocycles. The molecule has 0 amide bonds. The maximum absolute atomic E-state index is 12.5. The van der Waals surface area contributed by atoms with Crippen molar-refractivity contribution in [2.75, 3.05) is 14.2 Å². The Bertz CT molecular complexity index is 582. The van der Waals surface area contributed by atoms with Crippen LogP contribution < -0.4 is 10.1 Å². The van der Waals surface area contributed by atoms with E-state index in [2.05, 4.69) is 19.2 Å². The van der Waals surface area contributed by atoms with Gasteiger partial charge < -0.3 is 14.8 Å². The van der Waals surface area contributed by atoms with Crippen molar-refractivity contribution >= 4 is 11.9 Å². The normalized spacial score (nSPS) is 22.0. The third-order valence-corrected chi connectivity index (χ3v) is 4.33. The van der Waals surface area contributed by atoms with Gasteiger partial charge in [0.25, 0.3) is 0 Å². The van der Waals surface area contributed by atoms with E-state index in [0.717, 1.165) is 11.1 Å². The van der Waals surface area contributed by atoms with Crippen LogP contribution in [-0.4, -0.2) is 32.1 Å². The SMILES string of the molecule is CNC(C(=O)OC)C1C(=O)Oc2c(C(C)C)cccc2C1C. The fourth-order valence-corrected chi connectivity index (χ4v) is 3.07. The van der Waals surface area contributed by atoms with Gasteiger partial charge in [0, 0.05) is 5.92 Å². The molecule has 0 saturated carbocycles. The Hall–Kier alpha value is -1.88. The van der Waals surface area contributed by atoms with Gasteiger partial charge in [-0.3, -0.25) is 9.59 Å². The Labute approximate surface area is 131 Å². The van der Waals surface area contributed by atoms with Crippen LogP contribution in [-0.2, 0) is 14.3 Å². The third kappa shape index (κ3) is 2.73. The van der Waals surface area contributed by atoms with Crippen LogP contribution in [0.25, 0.3) is 0 Å². The molecule has 3 atom stereocenters. The van der Waals surface area contributed by atoms with E-state index in [9.17, 15) is 9.59 Å². The fraction of sp³-hybridized carbons (Fsp3) is 0.529. The molecule has 120 valence electrons. The van der Waals surface area contributed by atoms with Crippen molar-refractivity contribution in [1.29, 1.82) is 0 Å². The average Bonchev–Trinajstić information content (AvgIpc) is 2.50. The summed E-state index contributed by atoms with van der Waals surface area (Å²) in [7, 11) is 2.96. The number of rotatable bonds is 4. The molecule has 0 aromatic heterocycles. The molecule has 1 aromatic carbocycles. The Balaban J connectivity index is 2.46. The molecule has 0 radical (unpaired) electrons. The number of benzene rings is 1. The van der Waals surface area contributed by atoms with Gasteiger partial charge in [0.05, 0.1) is 13.0 Å². The summed E-state index contributed by atoms with van der Waals surface area (Å²) in [6.07, 6.45) is 0. The number of hydrogen-bond acceptors (Lipinski definition) is 5. The number of methoxy groups -OCH3 is 1. The lowest BCUT2D eigenvalue weighted by Crippen LogP contribution is -2.49. The molecule has 1 aliphatic heterocycles. The highest BCUT2D eigenvalue weighted by Crippen LogP contribution is 2.42. The quantitative estimate of drug-likeness (QED) is 0.682. The van der Waals surface area contributed by atoms with Crippen molar-refractivity contribution in [1.82, 2.24) is 5.32 Å². The van der Waals surface area contributed by atoms with Gasteiger partial charge in [0.15, 0.2) is 0 Å². The Morgan fingerprint density at radius 3 is 2.59 bits per heavy atom. The number of fused-ring (bicyclic) bond motifs is 1. The van der Waals surface area contributed by atoms with Crippen LogP contribution in [0.15, 0.2) is 18.2 Å². The molecular formula is C17H23NO4. The number of carbonyl (C=O) groups is 2. The number of para-hydroxylation sites is 1. The van der Waals surface area contributed by atoms with E-state index in [1.165, 1.54) is 7.11 Å². The minimum Gasteiger partial charge on any atom is -0.468 e. The van der Waals surface area contributed by atoms with Crippen molar-refractivity contribution < 1.29 is 19.1 Å². The highest BCUT2D eigenvalue weighted by atomic mass is 16.5. The molecule has 2 rings (SSSR count). The minimum atomic E-state index is -0.719. The molecular weight excluding hydrogens is 282 g/mol. The largest absolute Gasteiger partial charge is 0.468 e. The zero-order chi connectivity index (χ0) is 16.4. The summed E-state index contributed by atoms with van der Waals surface area (Å²) in [6, 6.07) is 5.17. The summed E-state index contributed by atoms with van der Waals surface area (Å²) < 4.78 is 10.4. The minimum absolute atomic E-state index is 0.133. The number of carbonyl (C=O) groups excluding carboxylic acids is 2. The first-order chi connectivity index (χ1) is 10.4. The molecule has 1 aliphatic rings. The molecule has 1 N–H and O–H groups in total. The first kappa shape index (κ1) is 16.5. The van der Waals surface area contributed by atoms with E-state index in [4.69, 9.17) is 9.47 Å². The van der Waals surface area contributed by atoms with Crippen LogP contribution in [0.2, 0.25) is 0 Å². The van der Waals surface area contributed by atoms with Gasteiger partial charge >= 0.3 is 11.9 Å². The number of ether oxygens (including phenoxy) is 2. The smallest absolute Gasteiger partial charge is 0.323 e. The van der Waals surface area contributed by atoms with Crippen LogP contribution in [0.5, 0.6) is 5.75 Å². The predicted octanol–water partition coefficient (Wildman–Crippen LogP) is 2.21. The van der Waals surface area contributed by atoms with E-state index < -0.39 is 23.9 Å². The number of esters is 2. The van der Waals surface area contributed by atoms with Gasteiger partial charge in [-0.05, 0) is 24.1 Å². The maximum atomic E-state index is 12.5. The number of hydrogen-bond donors (Lipinski definition) is 1. The Morgan fingerprint density at radius 1 is 1.36 bits per heavy atom. The van der Waals surface area contributed by atoms with E-state index in [-0.39, 0.29) is 11.8 Å². The van der Waals surface area contributed by atoms with Gasteiger partial charge in [-0.15, -0.1) is 0 Å². The standard InChI is InChI=1S/C17H23NO4/c1-9(2)11-7-6-8-12-10(3)13(16(19)22-15(11)12)14(18-4)17(20)21-5/h6-10,13-14,18H,1-5H3. The first-order valence-corrected chi connectivity index (χ1v) is 7.51. The van der Waals surface area contributed by atoms with Gasteiger partial charge in [-0.1, -0.05) is 39.0 Å². The van der Waals surface area contributed by atoms with Gasteiger partial charge in [-0.25, -0.2) is 0 Å². The second-order valence-electron chi connectivity index (χ2n) is 5.95. The number of likely N-dealkylation sites (N-methyl/N-ethyl adjacent to an activating group) is 1. The van der Waals surface area contributed by atoms with Gasteiger partial charge in [-0.2, -0.15) is 0 Å². The summed E-state index contributed by atoms with van der Waals surface area (Å²) in [5, 5.41) is 2.88. The predicted molar refractivity (Wildman–Crippen MR) is 82.9 cm³/mol. The van der Waals surface area contributed by atoms with Crippen molar-refractivity contribution in [2.45, 2.75) is 38.6 Å². The summed E-state index contributed by atoms with van der Waals surface area (Å²) in [6.45, 7) is 6.07. The Kier molecular flexibility index (Phi) is 4.86. The lowest BCUT2D eigenvalue weighted by molar-refractivity contribution is -0.153. The second kappa shape index (κ2) is 6.48. The van der Waals surface area contributed by atoms with Gasteiger partial charge in [0.1, 0.15) is 11.8 Å². The van der Waals surface area contributed by atoms with E-state index in [1.807, 2.05) is 25.1 Å². The monoisotopic (exact) mass is 305 g/mol. The van der Waals surface area contributed by atoms with Crippen molar-refractivity contribution in [3.8, 4) is 5.75 Å². The summed E-state index contributed by atoms with van der Waals surface area (Å²) in [5.74, 6) is -0.686. The van der Waals surface area contributed by atoms with Crippen LogP contribution in [0.3, 0.4) is 0 Å². The van der Waals surface area contributed by atoms with Crippen molar-refractivity contribution in [3.05, 3.63) is 29.3 Å². The molecule has 0 fully saturated rings. The van der Waals surface area contributed by atoms with Crippen LogP contribution >= 0.6 is 0 Å². The summed E-state index contributed by atoms with van der Waals surface area (Å²) >= 11 is 0. The fourth-order valence-electron chi connectivity index (χ4n) is 3.07. The first-order valence-electron chi connectivity index (χ1n) is 7.51. The molecule has 5 nitrogen and oxygen atoms in total. The van der Waals surface area contributed by atoms with E-state index in [1.54, 1.807) is 7.05 Å². The molecule has 22 heavy (non-hydrogen) atoms. The molecule has 3 unspecified atom stereocenters. The van der Waals surface area contributed by atoms with E-state index >= 15 is 0 Å². The van der Waals surface area contributed by atoms with Crippen LogP contribution in [0.4, 0.5) is 0 Å². The van der Waals surface area contributed by atoms with Crippen LogP contribution in [0, 0.1) is 5.92 Å². The molecule has 0 aliphatic carbocycles. The van der Waals surface area contributed by atoms with Gasteiger partial charge in [0.2, 0.25) is 0 Å². The third-order valence-electron chi connectivity index (χ3n) is 4.33. The Morgan fingerprint density at radius 2 is 2.05 bits per heavy atom. The average molecular weight is 305 g/mol. The lowest BCUT2D eigenvalue weighted by Gasteiger charge is -2.34. The summed E-state index contributed by atoms with van der Waals surface area (Å²) in [4.78, 5) is 24.4. The van der Waals surface area contributed by atoms with Crippen molar-refractivity contribution in [2.24, 2.45) is 5.92 Å². The molecule has 1 heterocycles. The molecule has 1 aromatic rings. The van der Waals surface area contributed by atoms with E-state index in [0.29, 0.717) is 5.75 Å². The molecule has 0 bridgehead atoms. The highest BCUT2D eigenvalue weighted by Gasteiger charge is 2.44. The molecule has 0 spiro atoms. The van der Waals surface area contributed by atoms with Crippen LogP contribution in [0.1, 0.15) is 43.7 Å². The topological polar surface area (TPSA) is 64.6 Å². The lowest BCUT2D eigenvalue weighted by atomic mass is 9.79. The summed E-state index contributed by atoms with van der Waals surface area (Å²) in [5.41, 5.74) is 1.97. The zero-order valence-corrected chi connectivity index (χ0v) is 13.7. The second-order valence-corrected chi connectivity index (χ2v) is 5.95.